The molecule has 296 valence electrons. The summed E-state index contributed by atoms with van der Waals surface area (Å²) in [5.74, 6) is 0. The second-order valence-corrected chi connectivity index (χ2v) is 16.1. The van der Waals surface area contributed by atoms with Gasteiger partial charge in [0.1, 0.15) is 11.2 Å². The Kier molecular flexibility index (Phi) is 8.83. The summed E-state index contributed by atoms with van der Waals surface area (Å²) in [6, 6.07) is 87.0. The highest BCUT2D eigenvalue weighted by molar-refractivity contribution is 6.12. The van der Waals surface area contributed by atoms with Crippen LogP contribution < -0.4 is 4.90 Å². The first-order valence-electron chi connectivity index (χ1n) is 21.5. The Bertz CT molecular complexity index is 3530. The van der Waals surface area contributed by atoms with Crippen LogP contribution in [0, 0.1) is 0 Å². The molecule has 12 rings (SSSR count). The third-order valence-electron chi connectivity index (χ3n) is 12.5. The Balaban J connectivity index is 0.912. The van der Waals surface area contributed by atoms with E-state index in [1.165, 1.54) is 49.6 Å². The van der Waals surface area contributed by atoms with Crippen LogP contribution in [0.2, 0.25) is 0 Å². The van der Waals surface area contributed by atoms with Gasteiger partial charge in [0.25, 0.3) is 0 Å². The van der Waals surface area contributed by atoms with Crippen LogP contribution in [0.15, 0.2) is 247 Å². The van der Waals surface area contributed by atoms with Crippen LogP contribution in [-0.2, 0) is 0 Å². The Morgan fingerprint density at radius 1 is 0.286 bits per heavy atom. The SMILES string of the molecule is c1ccc(-c2ccccc2-c2ccc(N(c3ccc(-c4ccc(-n5c6ccccc6c6ccccc65)cc4)cc3)c3ccc(-c4cccc5oc6ccccc6c45)cc3)cc2)cc1. The van der Waals surface area contributed by atoms with Gasteiger partial charge in [-0.2, -0.15) is 0 Å². The summed E-state index contributed by atoms with van der Waals surface area (Å²) in [6.45, 7) is 0. The maximum Gasteiger partial charge on any atom is 0.136 e. The molecule has 63 heavy (non-hydrogen) atoms. The van der Waals surface area contributed by atoms with Crippen molar-refractivity contribution in [1.82, 2.24) is 4.57 Å². The lowest BCUT2D eigenvalue weighted by Crippen LogP contribution is -2.09. The monoisotopic (exact) mass is 804 g/mol. The maximum atomic E-state index is 6.25. The van der Waals surface area contributed by atoms with E-state index in [4.69, 9.17) is 4.42 Å². The minimum absolute atomic E-state index is 0.898. The maximum absolute atomic E-state index is 6.25. The average molecular weight is 805 g/mol. The van der Waals surface area contributed by atoms with Crippen LogP contribution in [0.25, 0.3) is 93.9 Å². The van der Waals surface area contributed by atoms with Gasteiger partial charge in [-0.1, -0.05) is 170 Å². The number of anilines is 3. The molecule has 0 atom stereocenters. The Labute approximate surface area is 366 Å². The molecule has 0 amide bonds. The second kappa shape index (κ2) is 15.3. The van der Waals surface area contributed by atoms with Crippen molar-refractivity contribution in [1.29, 1.82) is 0 Å². The minimum atomic E-state index is 0.898. The lowest BCUT2D eigenvalue weighted by atomic mass is 9.94. The zero-order valence-electron chi connectivity index (χ0n) is 34.4. The van der Waals surface area contributed by atoms with Gasteiger partial charge in [0.05, 0.1) is 11.0 Å². The number of nitrogens with zero attached hydrogens (tertiary/aromatic N) is 2. The van der Waals surface area contributed by atoms with Crippen molar-refractivity contribution >= 4 is 60.8 Å². The predicted octanol–water partition coefficient (Wildman–Crippen LogP) is 16.8. The molecule has 10 aromatic carbocycles. The zero-order chi connectivity index (χ0) is 41.7. The zero-order valence-corrected chi connectivity index (χ0v) is 34.4. The molecule has 0 aliphatic heterocycles. The summed E-state index contributed by atoms with van der Waals surface area (Å²) in [4.78, 5) is 2.35. The van der Waals surface area contributed by atoms with Crippen LogP contribution in [0.3, 0.4) is 0 Å². The van der Waals surface area contributed by atoms with E-state index in [2.05, 4.69) is 240 Å². The molecule has 0 spiro atoms. The lowest BCUT2D eigenvalue weighted by molar-refractivity contribution is 0.669. The third-order valence-corrected chi connectivity index (χ3v) is 12.5. The van der Waals surface area contributed by atoms with E-state index in [1.807, 2.05) is 12.1 Å². The Hall–Kier alpha value is -8.40. The average Bonchev–Trinajstić information content (AvgIpc) is 3.91. The smallest absolute Gasteiger partial charge is 0.136 e. The van der Waals surface area contributed by atoms with Gasteiger partial charge in [0, 0.05) is 44.3 Å². The molecule has 3 heteroatoms. The van der Waals surface area contributed by atoms with Crippen molar-refractivity contribution in [2.24, 2.45) is 0 Å². The van der Waals surface area contributed by atoms with Gasteiger partial charge in [0.2, 0.25) is 0 Å². The van der Waals surface area contributed by atoms with E-state index in [0.717, 1.165) is 61.4 Å². The van der Waals surface area contributed by atoms with E-state index in [9.17, 15) is 0 Å². The number of hydrogen-bond donors (Lipinski definition) is 0. The Morgan fingerprint density at radius 3 is 1.29 bits per heavy atom. The first-order valence-corrected chi connectivity index (χ1v) is 21.5. The van der Waals surface area contributed by atoms with Gasteiger partial charge in [-0.15, -0.1) is 0 Å². The summed E-state index contributed by atoms with van der Waals surface area (Å²) < 4.78 is 8.62. The van der Waals surface area contributed by atoms with E-state index in [0.29, 0.717) is 0 Å². The highest BCUT2D eigenvalue weighted by Gasteiger charge is 2.17. The van der Waals surface area contributed by atoms with Gasteiger partial charge in [-0.05, 0) is 117 Å². The molecule has 0 N–H and O–H groups in total. The van der Waals surface area contributed by atoms with E-state index >= 15 is 0 Å². The van der Waals surface area contributed by atoms with Crippen molar-refractivity contribution in [3.05, 3.63) is 243 Å². The van der Waals surface area contributed by atoms with Crippen molar-refractivity contribution in [2.45, 2.75) is 0 Å². The summed E-state index contributed by atoms with van der Waals surface area (Å²) in [7, 11) is 0. The first-order chi connectivity index (χ1) is 31.2. The molecule has 0 saturated carbocycles. The minimum Gasteiger partial charge on any atom is -0.456 e. The molecule has 3 nitrogen and oxygen atoms in total. The molecule has 2 aromatic heterocycles. The normalized spacial score (nSPS) is 11.5. The van der Waals surface area contributed by atoms with E-state index < -0.39 is 0 Å². The number of aromatic nitrogens is 1. The predicted molar refractivity (Wildman–Crippen MR) is 264 cm³/mol. The lowest BCUT2D eigenvalue weighted by Gasteiger charge is -2.26. The van der Waals surface area contributed by atoms with Crippen molar-refractivity contribution < 1.29 is 4.42 Å². The van der Waals surface area contributed by atoms with Crippen molar-refractivity contribution in [3.63, 3.8) is 0 Å². The molecule has 0 saturated heterocycles. The van der Waals surface area contributed by atoms with E-state index in [1.54, 1.807) is 0 Å². The summed E-state index contributed by atoms with van der Waals surface area (Å²) >= 11 is 0. The first kappa shape index (κ1) is 36.5. The summed E-state index contributed by atoms with van der Waals surface area (Å²) in [5.41, 5.74) is 18.0. The van der Waals surface area contributed by atoms with Gasteiger partial charge in [-0.25, -0.2) is 0 Å². The number of para-hydroxylation sites is 3. The molecule has 12 aromatic rings. The van der Waals surface area contributed by atoms with Crippen LogP contribution in [0.5, 0.6) is 0 Å². The molecule has 2 heterocycles. The standard InChI is InChI=1S/C60H40N2O/c1-2-13-43(14-3-1)50-15-4-5-16-51(50)44-29-37-47(38-30-44)61(48-39-31-45(32-40-48)52-20-12-24-59-60(52)55-19-8-11-23-58(55)63-59)46-33-25-41(26-34-46)42-27-35-49(36-28-42)62-56-21-9-6-17-53(56)54-18-7-10-22-57(54)62/h1-40H. The molecule has 0 aliphatic carbocycles. The number of hydrogen-bond acceptors (Lipinski definition) is 2. The van der Waals surface area contributed by atoms with Gasteiger partial charge in [-0.3, -0.25) is 0 Å². The van der Waals surface area contributed by atoms with E-state index in [-0.39, 0.29) is 0 Å². The molecule has 0 radical (unpaired) electrons. The second-order valence-electron chi connectivity index (χ2n) is 16.1. The van der Waals surface area contributed by atoms with Crippen LogP contribution in [0.1, 0.15) is 0 Å². The number of benzene rings is 10. The molecular formula is C60H40N2O. The third kappa shape index (κ3) is 6.38. The van der Waals surface area contributed by atoms with Crippen LogP contribution in [-0.4, -0.2) is 4.57 Å². The highest BCUT2D eigenvalue weighted by atomic mass is 16.3. The quantitative estimate of drug-likeness (QED) is 0.153. The number of fused-ring (bicyclic) bond motifs is 6. The molecular weight excluding hydrogens is 765 g/mol. The fourth-order valence-electron chi connectivity index (χ4n) is 9.45. The number of rotatable bonds is 8. The summed E-state index contributed by atoms with van der Waals surface area (Å²) in [5, 5.41) is 4.80. The van der Waals surface area contributed by atoms with Crippen molar-refractivity contribution in [2.75, 3.05) is 4.90 Å². The molecule has 0 unspecified atom stereocenters. The fraction of sp³-hybridized carbons (Fsp3) is 0. The highest BCUT2D eigenvalue weighted by Crippen LogP contribution is 2.41. The largest absolute Gasteiger partial charge is 0.456 e. The van der Waals surface area contributed by atoms with Gasteiger partial charge >= 0.3 is 0 Å². The topological polar surface area (TPSA) is 21.3 Å². The molecule has 0 fully saturated rings. The van der Waals surface area contributed by atoms with Crippen LogP contribution in [0.4, 0.5) is 17.1 Å². The van der Waals surface area contributed by atoms with Gasteiger partial charge in [0.15, 0.2) is 0 Å². The fourth-order valence-corrected chi connectivity index (χ4v) is 9.45. The van der Waals surface area contributed by atoms with Crippen LogP contribution >= 0.6 is 0 Å². The Morgan fingerprint density at radius 2 is 0.698 bits per heavy atom. The van der Waals surface area contributed by atoms with Gasteiger partial charge < -0.3 is 13.9 Å². The molecule has 0 aliphatic rings. The van der Waals surface area contributed by atoms with Crippen molar-refractivity contribution in [3.8, 4) is 50.2 Å². The summed E-state index contributed by atoms with van der Waals surface area (Å²) in [6.07, 6.45) is 0. The number of furan rings is 1. The molecule has 0 bridgehead atoms.